The van der Waals surface area contributed by atoms with Crippen molar-refractivity contribution in [3.63, 3.8) is 0 Å². The lowest BCUT2D eigenvalue weighted by Crippen LogP contribution is -2.49. The lowest BCUT2D eigenvalue weighted by atomic mass is 9.89. The van der Waals surface area contributed by atoms with E-state index in [0.717, 1.165) is 127 Å². The van der Waals surface area contributed by atoms with E-state index in [1.807, 2.05) is 35.6 Å². The molecule has 1 unspecified atom stereocenters. The Labute approximate surface area is 316 Å². The highest BCUT2D eigenvalue weighted by Gasteiger charge is 2.55. The third-order valence-corrected chi connectivity index (χ3v) is 13.3. The summed E-state index contributed by atoms with van der Waals surface area (Å²) in [5.74, 6) is 2.14. The number of hydrogen-bond donors (Lipinski definition) is 1. The Hall–Kier alpha value is -5.24. The van der Waals surface area contributed by atoms with E-state index in [-0.39, 0.29) is 17.4 Å². The van der Waals surface area contributed by atoms with Gasteiger partial charge in [0.15, 0.2) is 0 Å². The average Bonchev–Trinajstić information content (AvgIpc) is 3.87. The monoisotopic (exact) mass is 717 g/mol. The first-order valence-corrected chi connectivity index (χ1v) is 19.9. The smallest absolute Gasteiger partial charge is 0.259 e. The molecular formula is C45H47N7O2. The van der Waals surface area contributed by atoms with Gasteiger partial charge in [0.1, 0.15) is 11.6 Å². The van der Waals surface area contributed by atoms with E-state index in [0.29, 0.717) is 24.5 Å². The van der Waals surface area contributed by atoms with Gasteiger partial charge in [0, 0.05) is 122 Å². The second-order valence-corrected chi connectivity index (χ2v) is 16.3. The van der Waals surface area contributed by atoms with Crippen molar-refractivity contribution in [2.24, 2.45) is 11.3 Å². The maximum Gasteiger partial charge on any atom is 0.259 e. The van der Waals surface area contributed by atoms with E-state index in [1.54, 1.807) is 0 Å². The van der Waals surface area contributed by atoms with Crippen molar-refractivity contribution in [1.82, 2.24) is 24.8 Å². The highest BCUT2D eigenvalue weighted by molar-refractivity contribution is 6.10. The van der Waals surface area contributed by atoms with Crippen molar-refractivity contribution < 1.29 is 9.59 Å². The molecule has 10 rings (SSSR count). The second kappa shape index (κ2) is 13.3. The number of aromatic nitrogens is 3. The zero-order chi connectivity index (χ0) is 36.4. The molecule has 5 aliphatic rings. The molecule has 54 heavy (non-hydrogen) atoms. The standard InChI is InChI=1S/C45H47N7O2/c1-2-41-37-26-33(5-8-36(37)44(54)52(41)42-9-6-34(53)11-15-45(42)16-17-45)50-23-21-49(22-24-50)29-30-13-19-51(20-14-30)43-10-4-32(27-47-43)31-3-7-35-38-28-46-18-12-39(38)48-40(35)25-31/h3-5,7-8,10,12,18,25-28,30,42,48H,1,6,9,11,13-17,19-24,29H2. The number of hydrogen-bond acceptors (Lipinski definition) is 7. The number of anilines is 2. The Bertz CT molecular complexity index is 2320. The van der Waals surface area contributed by atoms with Gasteiger partial charge in [-0.15, -0.1) is 5.73 Å². The molecule has 2 saturated heterocycles. The van der Waals surface area contributed by atoms with Gasteiger partial charge in [-0.3, -0.25) is 24.4 Å². The SMILES string of the molecule is C=C=C1c2cc(N3CCN(CC4CCN(c5ccc(-c6ccc7c(c6)[nH]c6ccncc67)cn5)CC4)CC3)ccc2C(=O)N1C1CCC(=O)CCC12CC2. The van der Waals surface area contributed by atoms with Crippen LogP contribution < -0.4 is 9.80 Å². The first kappa shape index (κ1) is 33.3. The minimum Gasteiger partial charge on any atom is -0.369 e. The molecule has 3 aliphatic heterocycles. The van der Waals surface area contributed by atoms with Gasteiger partial charge in [-0.25, -0.2) is 4.98 Å². The molecule has 1 atom stereocenters. The van der Waals surface area contributed by atoms with Gasteiger partial charge in [0.2, 0.25) is 0 Å². The van der Waals surface area contributed by atoms with Crippen molar-refractivity contribution in [3.05, 3.63) is 96.6 Å². The number of piperazine rings is 1. The average molecular weight is 718 g/mol. The number of benzene rings is 2. The summed E-state index contributed by atoms with van der Waals surface area (Å²) in [5.41, 5.74) is 11.4. The summed E-state index contributed by atoms with van der Waals surface area (Å²) < 4.78 is 0. The van der Waals surface area contributed by atoms with Crippen LogP contribution in [-0.2, 0) is 4.79 Å². The molecule has 0 radical (unpaired) electrons. The predicted molar refractivity (Wildman–Crippen MR) is 215 cm³/mol. The minimum atomic E-state index is 0.0507. The Morgan fingerprint density at radius 3 is 2.39 bits per heavy atom. The number of piperidine rings is 1. The van der Waals surface area contributed by atoms with Crippen LogP contribution >= 0.6 is 0 Å². The minimum absolute atomic E-state index is 0.0507. The molecule has 1 amide bonds. The highest BCUT2D eigenvalue weighted by atomic mass is 16.2. The summed E-state index contributed by atoms with van der Waals surface area (Å²) in [6, 6.07) is 19.3. The third-order valence-electron chi connectivity index (χ3n) is 13.3. The summed E-state index contributed by atoms with van der Waals surface area (Å²) in [6.07, 6.45) is 13.1. The molecule has 3 aromatic heterocycles. The van der Waals surface area contributed by atoms with Crippen LogP contribution in [0.3, 0.4) is 0 Å². The van der Waals surface area contributed by atoms with Crippen molar-refractivity contribution in [3.8, 4) is 11.1 Å². The van der Waals surface area contributed by atoms with Crippen LogP contribution in [-0.4, -0.2) is 88.3 Å². The maximum atomic E-state index is 13.8. The number of ketones is 1. The number of pyridine rings is 2. The summed E-state index contributed by atoms with van der Waals surface area (Å²) in [7, 11) is 0. The normalized spacial score (nSPS) is 22.0. The Morgan fingerprint density at radius 2 is 1.61 bits per heavy atom. The van der Waals surface area contributed by atoms with Crippen LogP contribution in [0.1, 0.15) is 67.3 Å². The van der Waals surface area contributed by atoms with Gasteiger partial charge in [-0.2, -0.15) is 0 Å². The Balaban J connectivity index is 0.733. The van der Waals surface area contributed by atoms with E-state index < -0.39 is 0 Å². The molecule has 6 heterocycles. The van der Waals surface area contributed by atoms with Gasteiger partial charge in [0.25, 0.3) is 5.91 Å². The number of rotatable bonds is 6. The van der Waals surface area contributed by atoms with Gasteiger partial charge in [-0.05, 0) is 97.9 Å². The topological polar surface area (TPSA) is 88.7 Å². The number of carbonyl (C=O) groups excluding carboxylic acids is 2. The number of Topliss-reactive ketones (excluding diaryl/α,β-unsaturated/α-hetero) is 1. The maximum absolute atomic E-state index is 13.8. The number of aromatic amines is 1. The Kier molecular flexibility index (Phi) is 8.18. The van der Waals surface area contributed by atoms with E-state index in [9.17, 15) is 9.59 Å². The van der Waals surface area contributed by atoms with E-state index in [4.69, 9.17) is 4.98 Å². The molecule has 0 bridgehead atoms. The van der Waals surface area contributed by atoms with E-state index in [1.165, 1.54) is 18.2 Å². The molecular weight excluding hydrogens is 671 g/mol. The number of H-pyrrole nitrogens is 1. The van der Waals surface area contributed by atoms with Crippen LogP contribution in [0.2, 0.25) is 0 Å². The van der Waals surface area contributed by atoms with Crippen LogP contribution in [0.25, 0.3) is 38.6 Å². The summed E-state index contributed by atoms with van der Waals surface area (Å²) >= 11 is 0. The van der Waals surface area contributed by atoms with E-state index in [2.05, 4.69) is 79.4 Å². The summed E-state index contributed by atoms with van der Waals surface area (Å²) in [5, 5.41) is 2.34. The van der Waals surface area contributed by atoms with E-state index >= 15 is 0 Å². The van der Waals surface area contributed by atoms with Crippen LogP contribution in [0.15, 0.2) is 85.5 Å². The molecule has 2 aliphatic carbocycles. The molecule has 2 aromatic carbocycles. The van der Waals surface area contributed by atoms with Crippen LogP contribution in [0.4, 0.5) is 11.5 Å². The van der Waals surface area contributed by atoms with Crippen molar-refractivity contribution in [2.45, 2.75) is 57.4 Å². The van der Waals surface area contributed by atoms with Crippen molar-refractivity contribution in [1.29, 1.82) is 0 Å². The molecule has 5 aromatic rings. The predicted octanol–water partition coefficient (Wildman–Crippen LogP) is 7.69. The first-order chi connectivity index (χ1) is 26.5. The third kappa shape index (κ3) is 5.82. The lowest BCUT2D eigenvalue weighted by molar-refractivity contribution is -0.119. The molecule has 2 saturated carbocycles. The lowest BCUT2D eigenvalue weighted by Gasteiger charge is -2.40. The number of carbonyl (C=O) groups is 2. The number of nitrogens with zero attached hydrogens (tertiary/aromatic N) is 6. The zero-order valence-electron chi connectivity index (χ0n) is 30.9. The first-order valence-electron chi connectivity index (χ1n) is 19.9. The number of amides is 1. The fourth-order valence-corrected chi connectivity index (χ4v) is 9.95. The van der Waals surface area contributed by atoms with Gasteiger partial charge in [-0.1, -0.05) is 18.7 Å². The fraction of sp³-hybridized carbons (Fsp3) is 0.400. The highest BCUT2D eigenvalue weighted by Crippen LogP contribution is 2.58. The number of fused-ring (bicyclic) bond motifs is 4. The second-order valence-electron chi connectivity index (χ2n) is 16.3. The molecule has 9 nitrogen and oxygen atoms in total. The summed E-state index contributed by atoms with van der Waals surface area (Å²) in [4.78, 5) is 48.4. The van der Waals surface area contributed by atoms with Gasteiger partial charge >= 0.3 is 0 Å². The molecule has 274 valence electrons. The van der Waals surface area contributed by atoms with Gasteiger partial charge < -0.3 is 14.8 Å². The fourth-order valence-electron chi connectivity index (χ4n) is 9.95. The molecule has 1 spiro atoms. The quantitative estimate of drug-likeness (QED) is 0.180. The van der Waals surface area contributed by atoms with Crippen molar-refractivity contribution >= 4 is 50.7 Å². The van der Waals surface area contributed by atoms with Crippen molar-refractivity contribution in [2.75, 3.05) is 55.6 Å². The molecule has 4 fully saturated rings. The number of nitrogens with one attached hydrogen (secondary N) is 1. The van der Waals surface area contributed by atoms with Gasteiger partial charge in [0.05, 0.1) is 11.3 Å². The summed E-state index contributed by atoms with van der Waals surface area (Å²) in [6.45, 7) is 11.3. The zero-order valence-corrected chi connectivity index (χ0v) is 30.9. The van der Waals surface area contributed by atoms with Crippen LogP contribution in [0, 0.1) is 11.3 Å². The molecule has 1 N–H and O–H groups in total. The molecule has 9 heteroatoms. The largest absolute Gasteiger partial charge is 0.369 e. The van der Waals surface area contributed by atoms with Crippen LogP contribution in [0.5, 0.6) is 0 Å². The Morgan fingerprint density at radius 1 is 0.778 bits per heavy atom.